The molecule has 4 aliphatic carbocycles. The zero-order valence-corrected chi connectivity index (χ0v) is 29.1. The second-order valence-electron chi connectivity index (χ2n) is 15.2. The third kappa shape index (κ3) is 9.37. The van der Waals surface area contributed by atoms with Crippen molar-refractivity contribution < 1.29 is 48.8 Å². The summed E-state index contributed by atoms with van der Waals surface area (Å²) in [4.78, 5) is 60.6. The summed E-state index contributed by atoms with van der Waals surface area (Å²) in [6, 6.07) is 0. The van der Waals surface area contributed by atoms with E-state index in [-0.39, 0.29) is 49.4 Å². The van der Waals surface area contributed by atoms with E-state index in [0.717, 1.165) is 32.1 Å². The first-order valence-electron chi connectivity index (χ1n) is 16.5. The number of aliphatic carboxylic acids is 2. The van der Waals surface area contributed by atoms with E-state index in [2.05, 4.69) is 5.32 Å². The van der Waals surface area contributed by atoms with Gasteiger partial charge < -0.3 is 30.1 Å². The molecule has 0 aromatic rings. The van der Waals surface area contributed by atoms with Gasteiger partial charge in [0, 0.05) is 12.4 Å². The number of thioether (sulfide) groups is 1. The van der Waals surface area contributed by atoms with Crippen LogP contribution in [0.5, 0.6) is 0 Å². The van der Waals surface area contributed by atoms with Gasteiger partial charge in [0.05, 0.1) is 29.2 Å². The van der Waals surface area contributed by atoms with Gasteiger partial charge in [0.25, 0.3) is 0 Å². The molecule has 4 saturated carbocycles. The summed E-state index contributed by atoms with van der Waals surface area (Å²) in [7, 11) is 0. The van der Waals surface area contributed by atoms with Crippen LogP contribution in [0.3, 0.4) is 0 Å². The van der Waals surface area contributed by atoms with Crippen molar-refractivity contribution in [3.05, 3.63) is 0 Å². The fraction of sp³-hybridized carbons (Fsp3) is 0.848. The number of nitrogens with zero attached hydrogens (tertiary/aromatic N) is 1. The molecule has 1 aliphatic heterocycles. The summed E-state index contributed by atoms with van der Waals surface area (Å²) in [5.74, 6) is -0.838. The smallest absolute Gasteiger partial charge is 0.317 e. The van der Waals surface area contributed by atoms with Crippen LogP contribution in [0.4, 0.5) is 0 Å². The van der Waals surface area contributed by atoms with E-state index in [0.29, 0.717) is 43.5 Å². The first-order valence-corrected chi connectivity index (χ1v) is 17.5. The molecule has 262 valence electrons. The van der Waals surface area contributed by atoms with Gasteiger partial charge in [-0.2, -0.15) is 0 Å². The molecule has 1 amide bonds. The predicted molar refractivity (Wildman–Crippen MR) is 171 cm³/mol. The Hall–Kier alpha value is -2.38. The van der Waals surface area contributed by atoms with Crippen LogP contribution in [0.15, 0.2) is 0 Å². The third-order valence-electron chi connectivity index (χ3n) is 10.6. The molecule has 13 heteroatoms. The minimum atomic E-state index is -0.951. The number of carboxylic acids is 2. The molecule has 4 bridgehead atoms. The summed E-state index contributed by atoms with van der Waals surface area (Å²) >= 11 is 1.26. The standard InChI is InChI=1S/C21H33NO5.C12H21NO5S/c1-4-19(2,3)18(26)27-6-5-22-17(25)21-10-14-7-15(11-21)9-20(8-14,13-21)12-16(23)24;1-4-12(2,3)11(17)18-6-9(14)13-5-8(10(15)16)19-7-13/h14-15H,4-13H2,1-3H3,(H,22,25)(H,23,24);8-9,14H,4-7H2,1-3H3,(H,15,16). The maximum atomic E-state index is 13.0. The van der Waals surface area contributed by atoms with E-state index in [1.165, 1.54) is 11.8 Å². The zero-order chi connectivity index (χ0) is 34.5. The van der Waals surface area contributed by atoms with Crippen molar-refractivity contribution in [1.29, 1.82) is 0 Å². The predicted octanol–water partition coefficient (Wildman–Crippen LogP) is 3.89. The number of carbonyl (C=O) groups excluding carboxylic acids is 3. The van der Waals surface area contributed by atoms with Crippen LogP contribution in [-0.4, -0.2) is 93.7 Å². The van der Waals surface area contributed by atoms with E-state index >= 15 is 0 Å². The number of amides is 1. The number of rotatable bonds is 14. The van der Waals surface area contributed by atoms with Crippen molar-refractivity contribution >= 4 is 41.5 Å². The summed E-state index contributed by atoms with van der Waals surface area (Å²) in [6.07, 6.45) is 6.07. The number of hydrogen-bond donors (Lipinski definition) is 4. The number of nitrogens with one attached hydrogen (secondary N) is 1. The van der Waals surface area contributed by atoms with Gasteiger partial charge in [-0.25, -0.2) is 0 Å². The highest BCUT2D eigenvalue weighted by Gasteiger charge is 2.60. The summed E-state index contributed by atoms with van der Waals surface area (Å²) in [5, 5.41) is 30.5. The average Bonchev–Trinajstić information content (AvgIpc) is 3.47. The van der Waals surface area contributed by atoms with Crippen molar-refractivity contribution in [3.8, 4) is 0 Å². The number of carboxylic acid groups (broad SMARTS) is 2. The van der Waals surface area contributed by atoms with Gasteiger partial charge in [-0.3, -0.25) is 28.9 Å². The Morgan fingerprint density at radius 2 is 1.50 bits per heavy atom. The van der Waals surface area contributed by atoms with E-state index in [9.17, 15) is 34.2 Å². The number of ether oxygens (including phenoxy) is 2. The Morgan fingerprint density at radius 1 is 0.935 bits per heavy atom. The molecule has 1 heterocycles. The van der Waals surface area contributed by atoms with Crippen LogP contribution in [0, 0.1) is 33.5 Å². The van der Waals surface area contributed by atoms with Crippen molar-refractivity contribution in [2.24, 2.45) is 33.5 Å². The lowest BCUT2D eigenvalue weighted by Crippen LogP contribution is -2.58. The normalized spacial score (nSPS) is 29.3. The van der Waals surface area contributed by atoms with Gasteiger partial charge in [0.1, 0.15) is 24.7 Å². The molecule has 5 fully saturated rings. The fourth-order valence-corrected chi connectivity index (χ4v) is 8.63. The zero-order valence-electron chi connectivity index (χ0n) is 28.3. The fourth-order valence-electron chi connectivity index (χ4n) is 7.54. The monoisotopic (exact) mass is 670 g/mol. The van der Waals surface area contributed by atoms with Crippen molar-refractivity contribution in [2.75, 3.05) is 32.2 Å². The van der Waals surface area contributed by atoms with E-state index < -0.39 is 39.7 Å². The van der Waals surface area contributed by atoms with Gasteiger partial charge in [-0.05, 0) is 96.3 Å². The molecule has 0 aromatic heterocycles. The molecule has 46 heavy (non-hydrogen) atoms. The van der Waals surface area contributed by atoms with Crippen LogP contribution in [0.25, 0.3) is 0 Å². The number of hydrogen-bond acceptors (Lipinski definition) is 10. The highest BCUT2D eigenvalue weighted by atomic mass is 32.2. The van der Waals surface area contributed by atoms with Crippen molar-refractivity contribution in [1.82, 2.24) is 10.2 Å². The maximum Gasteiger partial charge on any atom is 0.317 e. The quantitative estimate of drug-likeness (QED) is 0.155. The second-order valence-corrected chi connectivity index (χ2v) is 16.3. The van der Waals surface area contributed by atoms with Gasteiger partial charge in [-0.1, -0.05) is 13.8 Å². The van der Waals surface area contributed by atoms with Gasteiger partial charge in [0.2, 0.25) is 5.91 Å². The van der Waals surface area contributed by atoms with Crippen LogP contribution in [-0.2, 0) is 33.4 Å². The van der Waals surface area contributed by atoms with Gasteiger partial charge in [-0.15, -0.1) is 11.8 Å². The van der Waals surface area contributed by atoms with Crippen molar-refractivity contribution in [2.45, 2.75) is 111 Å². The van der Waals surface area contributed by atoms with E-state index in [4.69, 9.17) is 14.6 Å². The van der Waals surface area contributed by atoms with Gasteiger partial charge in [0.15, 0.2) is 0 Å². The highest BCUT2D eigenvalue weighted by Crippen LogP contribution is 2.66. The largest absolute Gasteiger partial charge is 0.481 e. The van der Waals surface area contributed by atoms with Crippen LogP contribution >= 0.6 is 11.8 Å². The number of aliphatic hydroxyl groups excluding tert-OH is 1. The van der Waals surface area contributed by atoms with Crippen LogP contribution < -0.4 is 5.32 Å². The molecule has 4 N–H and O–H groups in total. The molecule has 5 aliphatic rings. The van der Waals surface area contributed by atoms with E-state index in [1.807, 2.05) is 27.7 Å². The summed E-state index contributed by atoms with van der Waals surface area (Å²) in [5.41, 5.74) is -1.70. The molecule has 0 aromatic carbocycles. The molecule has 5 rings (SSSR count). The SMILES string of the molecule is CCC(C)(C)C(=O)OCC(O)N1CSC(C(=O)O)C1.CCC(C)(C)C(=O)OCCNC(=O)C12CC3CC(CC(CC(=O)O)(C3)C1)C2. The maximum absolute atomic E-state index is 13.0. The third-order valence-corrected chi connectivity index (χ3v) is 11.8. The van der Waals surface area contributed by atoms with E-state index in [1.54, 1.807) is 18.7 Å². The molecular weight excluding hydrogens is 616 g/mol. The second kappa shape index (κ2) is 15.2. The molecule has 12 nitrogen and oxygen atoms in total. The number of carbonyl (C=O) groups is 5. The number of esters is 2. The molecule has 4 atom stereocenters. The Bertz CT molecular complexity index is 1130. The number of aliphatic hydroxyl groups is 1. The van der Waals surface area contributed by atoms with Crippen LogP contribution in [0.1, 0.15) is 99.3 Å². The highest BCUT2D eigenvalue weighted by molar-refractivity contribution is 8.00. The van der Waals surface area contributed by atoms with Crippen LogP contribution in [0.2, 0.25) is 0 Å². The van der Waals surface area contributed by atoms with Crippen molar-refractivity contribution in [3.63, 3.8) is 0 Å². The lowest BCUT2D eigenvalue weighted by molar-refractivity contribution is -0.165. The average molecular weight is 671 g/mol. The topological polar surface area (TPSA) is 180 Å². The lowest BCUT2D eigenvalue weighted by Gasteiger charge is -2.61. The molecular formula is C33H54N2O10S. The Balaban J connectivity index is 0.000000268. The van der Waals surface area contributed by atoms with Gasteiger partial charge >= 0.3 is 23.9 Å². The molecule has 1 saturated heterocycles. The Labute approximate surface area is 276 Å². The first kappa shape index (κ1) is 38.1. The lowest BCUT2D eigenvalue weighted by atomic mass is 9.43. The Kier molecular flexibility index (Phi) is 12.6. The summed E-state index contributed by atoms with van der Waals surface area (Å²) in [6.45, 7) is 11.7. The minimum Gasteiger partial charge on any atom is -0.481 e. The molecule has 0 radical (unpaired) electrons. The molecule has 0 spiro atoms. The molecule has 4 unspecified atom stereocenters. The summed E-state index contributed by atoms with van der Waals surface area (Å²) < 4.78 is 10.4. The Morgan fingerprint density at radius 3 is 2.00 bits per heavy atom. The minimum absolute atomic E-state index is 0.0252. The first-order chi connectivity index (χ1) is 21.4.